The molecule has 220 valence electrons. The van der Waals surface area contributed by atoms with Crippen LogP contribution in [-0.2, 0) is 16.1 Å². The molecule has 5 rings (SSSR count). The molecule has 1 atom stereocenters. The number of hydrogen-bond donors (Lipinski definition) is 0. The standard InChI is InChI=1S/C30H22FI2N3O6S/c1-3-41-29(38)25-16(2)34-30-35(26(25)18-8-10-20(11-9-18)36(39)40)28(37)24(43-30)14-17-12-22(32)27(23(33)13-17)42-15-19-6-4-5-7-21(19)31/h4-14,26H,3,15H2,1-2H3/b24-14+/t26-/m0/s1. The number of benzene rings is 3. The Labute approximate surface area is 275 Å². The Hall–Kier alpha value is -3.44. The summed E-state index contributed by atoms with van der Waals surface area (Å²) in [6, 6.07) is 15.0. The third-order valence-electron chi connectivity index (χ3n) is 6.58. The van der Waals surface area contributed by atoms with Crippen LogP contribution in [0, 0.1) is 23.1 Å². The SMILES string of the molecule is CCOC(=O)C1=C(C)N=c2s/c(=C/c3cc(I)c(OCc4ccccc4F)c(I)c3)c(=O)n2[C@H]1c1ccc([N+](=O)[O-])cc1. The quantitative estimate of drug-likeness (QED) is 0.0986. The van der Waals surface area contributed by atoms with Gasteiger partial charge in [-0.3, -0.25) is 19.5 Å². The van der Waals surface area contributed by atoms with Crippen LogP contribution >= 0.6 is 56.5 Å². The van der Waals surface area contributed by atoms with E-state index in [0.717, 1.165) is 12.7 Å². The van der Waals surface area contributed by atoms with Gasteiger partial charge in [0.1, 0.15) is 18.2 Å². The molecule has 1 aliphatic heterocycles. The molecular weight excluding hydrogens is 803 g/mol. The summed E-state index contributed by atoms with van der Waals surface area (Å²) in [5.41, 5.74) is 1.80. The fourth-order valence-electron chi connectivity index (χ4n) is 4.60. The molecule has 1 aliphatic rings. The molecule has 0 bridgehead atoms. The zero-order chi connectivity index (χ0) is 30.8. The van der Waals surface area contributed by atoms with Crippen molar-refractivity contribution in [2.45, 2.75) is 26.5 Å². The van der Waals surface area contributed by atoms with E-state index in [1.54, 1.807) is 38.1 Å². The highest BCUT2D eigenvalue weighted by Crippen LogP contribution is 2.32. The first-order valence-corrected chi connectivity index (χ1v) is 15.9. The van der Waals surface area contributed by atoms with Crippen molar-refractivity contribution in [3.8, 4) is 5.75 Å². The molecule has 0 saturated carbocycles. The highest BCUT2D eigenvalue weighted by atomic mass is 127. The molecule has 2 heterocycles. The Bertz CT molecular complexity index is 1950. The Morgan fingerprint density at radius 1 is 1.16 bits per heavy atom. The minimum atomic E-state index is -0.882. The molecule has 1 aromatic heterocycles. The van der Waals surface area contributed by atoms with Crippen molar-refractivity contribution in [1.82, 2.24) is 4.57 Å². The largest absolute Gasteiger partial charge is 0.487 e. The summed E-state index contributed by atoms with van der Waals surface area (Å²) < 4.78 is 28.7. The van der Waals surface area contributed by atoms with E-state index >= 15 is 0 Å². The van der Waals surface area contributed by atoms with E-state index in [1.165, 1.54) is 46.2 Å². The predicted octanol–water partition coefficient (Wildman–Crippen LogP) is 5.63. The molecule has 9 nitrogen and oxygen atoms in total. The smallest absolute Gasteiger partial charge is 0.338 e. The second kappa shape index (κ2) is 13.1. The average Bonchev–Trinajstić information content (AvgIpc) is 3.26. The molecule has 43 heavy (non-hydrogen) atoms. The van der Waals surface area contributed by atoms with Crippen molar-refractivity contribution in [2.24, 2.45) is 4.99 Å². The zero-order valence-electron chi connectivity index (χ0n) is 22.7. The van der Waals surface area contributed by atoms with Crippen molar-refractivity contribution in [3.05, 3.63) is 131 Å². The minimum Gasteiger partial charge on any atom is -0.487 e. The lowest BCUT2D eigenvalue weighted by Gasteiger charge is -2.24. The summed E-state index contributed by atoms with van der Waals surface area (Å²) in [6.07, 6.45) is 1.74. The molecule has 0 fully saturated rings. The van der Waals surface area contributed by atoms with Crippen molar-refractivity contribution in [2.75, 3.05) is 6.61 Å². The summed E-state index contributed by atoms with van der Waals surface area (Å²) in [4.78, 5) is 42.6. The van der Waals surface area contributed by atoms with Gasteiger partial charge < -0.3 is 9.47 Å². The van der Waals surface area contributed by atoms with Gasteiger partial charge in [-0.25, -0.2) is 14.2 Å². The Kier molecular flexibility index (Phi) is 9.41. The van der Waals surface area contributed by atoms with Crippen LogP contribution in [0.25, 0.3) is 6.08 Å². The lowest BCUT2D eigenvalue weighted by molar-refractivity contribution is -0.384. The summed E-state index contributed by atoms with van der Waals surface area (Å²) in [6.45, 7) is 3.56. The lowest BCUT2D eigenvalue weighted by Crippen LogP contribution is -2.39. The molecular formula is C30H22FI2N3O6S. The first-order valence-electron chi connectivity index (χ1n) is 12.9. The van der Waals surface area contributed by atoms with Crippen LogP contribution in [0.15, 0.2) is 81.7 Å². The number of nitrogens with zero attached hydrogens (tertiary/aromatic N) is 3. The maximum Gasteiger partial charge on any atom is 0.338 e. The molecule has 4 aromatic rings. The second-order valence-electron chi connectivity index (χ2n) is 9.34. The van der Waals surface area contributed by atoms with Gasteiger partial charge in [0.05, 0.1) is 40.5 Å². The Morgan fingerprint density at radius 3 is 2.47 bits per heavy atom. The van der Waals surface area contributed by atoms with Crippen LogP contribution in [-0.4, -0.2) is 22.1 Å². The first kappa shape index (κ1) is 31.0. The molecule has 3 aromatic carbocycles. The van der Waals surface area contributed by atoms with Crippen LogP contribution in [0.3, 0.4) is 0 Å². The van der Waals surface area contributed by atoms with E-state index < -0.39 is 16.9 Å². The fourth-order valence-corrected chi connectivity index (χ4v) is 7.78. The van der Waals surface area contributed by atoms with E-state index in [9.17, 15) is 24.1 Å². The summed E-state index contributed by atoms with van der Waals surface area (Å²) >= 11 is 5.46. The molecule has 0 unspecified atom stereocenters. The molecule has 0 radical (unpaired) electrons. The number of carbonyl (C=O) groups excluding carboxylic acids is 1. The monoisotopic (exact) mass is 825 g/mol. The van der Waals surface area contributed by atoms with Gasteiger partial charge in [0.2, 0.25) is 0 Å². The van der Waals surface area contributed by atoms with Gasteiger partial charge >= 0.3 is 5.97 Å². The number of allylic oxidation sites excluding steroid dienone is 1. The second-order valence-corrected chi connectivity index (χ2v) is 12.7. The first-order chi connectivity index (χ1) is 20.6. The fraction of sp³-hybridized carbons (Fsp3) is 0.167. The molecule has 13 heteroatoms. The topological polar surface area (TPSA) is 113 Å². The van der Waals surface area contributed by atoms with Crippen molar-refractivity contribution in [3.63, 3.8) is 0 Å². The van der Waals surface area contributed by atoms with Crippen molar-refractivity contribution < 1.29 is 23.6 Å². The number of aromatic nitrogens is 1. The average molecular weight is 825 g/mol. The lowest BCUT2D eigenvalue weighted by atomic mass is 9.95. The number of rotatable bonds is 8. The highest BCUT2D eigenvalue weighted by molar-refractivity contribution is 14.1. The van der Waals surface area contributed by atoms with E-state index in [-0.39, 0.29) is 35.9 Å². The summed E-state index contributed by atoms with van der Waals surface area (Å²) in [5, 5.41) is 11.2. The highest BCUT2D eigenvalue weighted by Gasteiger charge is 2.33. The van der Waals surface area contributed by atoms with Crippen molar-refractivity contribution in [1.29, 1.82) is 0 Å². The third kappa shape index (κ3) is 6.43. The number of ether oxygens (including phenoxy) is 2. The van der Waals surface area contributed by atoms with Gasteiger partial charge in [-0.15, -0.1) is 0 Å². The molecule has 0 saturated heterocycles. The van der Waals surface area contributed by atoms with E-state index in [0.29, 0.717) is 31.9 Å². The Morgan fingerprint density at radius 2 is 1.84 bits per heavy atom. The number of fused-ring (bicyclic) bond motifs is 1. The number of thiazole rings is 1. The van der Waals surface area contributed by atoms with Gasteiger partial charge in [-0.2, -0.15) is 0 Å². The molecule has 0 amide bonds. The maximum absolute atomic E-state index is 14.1. The number of non-ortho nitro benzene ring substituents is 1. The number of nitro benzene ring substituents is 1. The number of halogens is 3. The number of carbonyl (C=O) groups is 1. The van der Waals surface area contributed by atoms with Gasteiger partial charge in [-0.1, -0.05) is 29.5 Å². The minimum absolute atomic E-state index is 0.0708. The zero-order valence-corrected chi connectivity index (χ0v) is 27.8. The summed E-state index contributed by atoms with van der Waals surface area (Å²) in [5.74, 6) is -0.347. The number of esters is 1. The van der Waals surface area contributed by atoms with Gasteiger partial charge in [-0.05, 0) is 107 Å². The maximum atomic E-state index is 14.1. The van der Waals surface area contributed by atoms with Crippen LogP contribution in [0.5, 0.6) is 5.75 Å². The summed E-state index contributed by atoms with van der Waals surface area (Å²) in [7, 11) is 0. The van der Waals surface area contributed by atoms with Gasteiger partial charge in [0.15, 0.2) is 4.80 Å². The normalized spacial score (nSPS) is 14.7. The van der Waals surface area contributed by atoms with Gasteiger partial charge in [0.25, 0.3) is 11.2 Å². The van der Waals surface area contributed by atoms with Crippen LogP contribution < -0.4 is 19.6 Å². The molecule has 0 aliphatic carbocycles. The third-order valence-corrected chi connectivity index (χ3v) is 9.17. The Balaban J connectivity index is 1.56. The van der Waals surface area contributed by atoms with Gasteiger partial charge in [0, 0.05) is 17.7 Å². The molecule has 0 N–H and O–H groups in total. The van der Waals surface area contributed by atoms with E-state index in [1.807, 2.05) is 12.1 Å². The number of nitro groups is 1. The van der Waals surface area contributed by atoms with E-state index in [4.69, 9.17) is 9.47 Å². The van der Waals surface area contributed by atoms with Crippen LogP contribution in [0.4, 0.5) is 10.1 Å². The molecule has 0 spiro atoms. The van der Waals surface area contributed by atoms with Crippen LogP contribution in [0.1, 0.15) is 36.6 Å². The predicted molar refractivity (Wildman–Crippen MR) is 176 cm³/mol. The van der Waals surface area contributed by atoms with E-state index in [2.05, 4.69) is 50.2 Å². The number of hydrogen-bond acceptors (Lipinski definition) is 8. The van der Waals surface area contributed by atoms with Crippen molar-refractivity contribution >= 4 is 74.3 Å². The van der Waals surface area contributed by atoms with Crippen LogP contribution in [0.2, 0.25) is 0 Å².